The summed E-state index contributed by atoms with van der Waals surface area (Å²) in [6.07, 6.45) is 5.05. The van der Waals surface area contributed by atoms with Crippen LogP contribution in [0.25, 0.3) is 5.57 Å². The predicted molar refractivity (Wildman–Crippen MR) is 109 cm³/mol. The van der Waals surface area contributed by atoms with Crippen LogP contribution in [0, 0.1) is 16.6 Å². The first-order valence-corrected chi connectivity index (χ1v) is 10.1. The lowest BCUT2D eigenvalue weighted by Crippen LogP contribution is -2.32. The highest BCUT2D eigenvalue weighted by molar-refractivity contribution is 6.30. The van der Waals surface area contributed by atoms with Gasteiger partial charge in [0, 0.05) is 6.42 Å². The summed E-state index contributed by atoms with van der Waals surface area (Å²) >= 11 is 6.05. The molecule has 3 nitrogen and oxygen atoms in total. The van der Waals surface area contributed by atoms with Crippen LogP contribution < -0.4 is 0 Å². The highest BCUT2D eigenvalue weighted by Crippen LogP contribution is 2.52. The number of aliphatic hydroxyl groups is 1. The Labute approximate surface area is 171 Å². The van der Waals surface area contributed by atoms with Crippen molar-refractivity contribution >= 4 is 23.1 Å². The molecule has 0 aromatic heterocycles. The van der Waals surface area contributed by atoms with Gasteiger partial charge in [-0.15, -0.1) is 0 Å². The van der Waals surface area contributed by atoms with Crippen molar-refractivity contribution in [3.63, 3.8) is 0 Å². The summed E-state index contributed by atoms with van der Waals surface area (Å²) in [6.45, 7) is 8.86. The van der Waals surface area contributed by atoms with E-state index in [4.69, 9.17) is 16.3 Å². The Morgan fingerprint density at radius 1 is 1.29 bits per heavy atom. The Balaban J connectivity index is 2.04. The summed E-state index contributed by atoms with van der Waals surface area (Å²) < 4.78 is 19.1. The van der Waals surface area contributed by atoms with Crippen LogP contribution >= 0.6 is 11.6 Å². The standard InChI is InChI=1S/C23H28ClFO3/c1-22(2)12-17(14-5-8-20(25)19(24)9-14)18(23(3,4)13-22)7-6-16-10-15(26)11-21(27)28-16/h5-9,15-16,26H,10-13H2,1-4H3/b7-6+/t15-,16-/m0/s1. The average Bonchev–Trinajstić information content (AvgIpc) is 2.53. The van der Waals surface area contributed by atoms with E-state index in [0.29, 0.717) is 6.42 Å². The van der Waals surface area contributed by atoms with Crippen LogP contribution in [0.3, 0.4) is 0 Å². The topological polar surface area (TPSA) is 46.5 Å². The van der Waals surface area contributed by atoms with E-state index in [9.17, 15) is 14.3 Å². The second kappa shape index (κ2) is 7.64. The van der Waals surface area contributed by atoms with Gasteiger partial charge in [0.2, 0.25) is 0 Å². The molecule has 2 aliphatic rings. The Kier molecular flexibility index (Phi) is 5.75. The van der Waals surface area contributed by atoms with Crippen LogP contribution in [0.1, 0.15) is 58.9 Å². The molecule has 1 fully saturated rings. The summed E-state index contributed by atoms with van der Waals surface area (Å²) in [6, 6.07) is 4.86. The minimum atomic E-state index is -0.668. The Bertz CT molecular complexity index is 838. The minimum absolute atomic E-state index is 0.0477. The first-order chi connectivity index (χ1) is 13.0. The zero-order valence-corrected chi connectivity index (χ0v) is 17.6. The molecule has 0 bridgehead atoms. The monoisotopic (exact) mass is 406 g/mol. The summed E-state index contributed by atoms with van der Waals surface area (Å²) in [5.41, 5.74) is 3.14. The molecule has 1 saturated heterocycles. The van der Waals surface area contributed by atoms with Gasteiger partial charge in [-0.2, -0.15) is 0 Å². The number of carbonyl (C=O) groups is 1. The van der Waals surface area contributed by atoms with Gasteiger partial charge in [-0.1, -0.05) is 51.4 Å². The lowest BCUT2D eigenvalue weighted by atomic mass is 9.61. The van der Waals surface area contributed by atoms with Gasteiger partial charge < -0.3 is 9.84 Å². The predicted octanol–water partition coefficient (Wildman–Crippen LogP) is 5.70. The number of allylic oxidation sites excluding steroid dienone is 3. The molecule has 3 rings (SSSR count). The number of hydrogen-bond acceptors (Lipinski definition) is 3. The van der Waals surface area contributed by atoms with Gasteiger partial charge in [-0.05, 0) is 58.6 Å². The first kappa shape index (κ1) is 21.1. The zero-order valence-electron chi connectivity index (χ0n) is 16.9. The molecule has 1 aliphatic heterocycles. The van der Waals surface area contributed by atoms with Crippen LogP contribution in [0.5, 0.6) is 0 Å². The average molecular weight is 407 g/mol. The molecule has 0 radical (unpaired) electrons. The molecule has 0 spiro atoms. The van der Waals surface area contributed by atoms with Crippen molar-refractivity contribution in [3.8, 4) is 0 Å². The van der Waals surface area contributed by atoms with E-state index >= 15 is 0 Å². The molecular formula is C23H28ClFO3. The fourth-order valence-electron chi connectivity index (χ4n) is 4.73. The zero-order chi connectivity index (χ0) is 20.7. The third-order valence-electron chi connectivity index (χ3n) is 5.57. The van der Waals surface area contributed by atoms with Crippen LogP contribution in [-0.2, 0) is 9.53 Å². The van der Waals surface area contributed by atoms with Gasteiger partial charge in [-0.25, -0.2) is 4.39 Å². The van der Waals surface area contributed by atoms with Gasteiger partial charge in [0.25, 0.3) is 0 Å². The molecule has 1 aliphatic carbocycles. The Morgan fingerprint density at radius 2 is 2.00 bits per heavy atom. The third-order valence-corrected chi connectivity index (χ3v) is 5.85. The van der Waals surface area contributed by atoms with Crippen molar-refractivity contribution < 1.29 is 19.0 Å². The normalized spacial score (nSPS) is 27.2. The number of carbonyl (C=O) groups excluding carboxylic acids is 1. The van der Waals surface area contributed by atoms with Crippen molar-refractivity contribution in [2.45, 2.75) is 65.6 Å². The van der Waals surface area contributed by atoms with Crippen molar-refractivity contribution in [1.82, 2.24) is 0 Å². The lowest BCUT2D eigenvalue weighted by molar-refractivity contribution is -0.156. The first-order valence-electron chi connectivity index (χ1n) is 9.72. The van der Waals surface area contributed by atoms with E-state index in [1.165, 1.54) is 6.07 Å². The molecule has 1 heterocycles. The maximum Gasteiger partial charge on any atom is 0.309 e. The number of benzene rings is 1. The number of cyclic esters (lactones) is 1. The van der Waals surface area contributed by atoms with Gasteiger partial charge in [-0.3, -0.25) is 4.79 Å². The van der Waals surface area contributed by atoms with E-state index in [-0.39, 0.29) is 28.2 Å². The summed E-state index contributed by atoms with van der Waals surface area (Å²) in [7, 11) is 0. The number of rotatable bonds is 3. The van der Waals surface area contributed by atoms with Crippen molar-refractivity contribution in [1.29, 1.82) is 0 Å². The van der Waals surface area contributed by atoms with Crippen molar-refractivity contribution in [3.05, 3.63) is 52.3 Å². The maximum atomic E-state index is 13.7. The Hall–Kier alpha value is -1.65. The second-order valence-electron chi connectivity index (χ2n) is 9.40. The molecule has 0 saturated carbocycles. The molecule has 0 unspecified atom stereocenters. The Morgan fingerprint density at radius 3 is 2.64 bits per heavy atom. The molecule has 1 aromatic carbocycles. The summed E-state index contributed by atoms with van der Waals surface area (Å²) in [5, 5.41) is 9.96. The number of esters is 1. The number of aliphatic hydroxyl groups excluding tert-OH is 1. The molecule has 152 valence electrons. The molecule has 1 aromatic rings. The molecule has 1 N–H and O–H groups in total. The quantitative estimate of drug-likeness (QED) is 0.654. The number of ether oxygens (including phenoxy) is 1. The van der Waals surface area contributed by atoms with E-state index in [2.05, 4.69) is 27.7 Å². The van der Waals surface area contributed by atoms with E-state index in [1.54, 1.807) is 12.1 Å². The lowest BCUT2D eigenvalue weighted by Gasteiger charge is -2.43. The van der Waals surface area contributed by atoms with Crippen LogP contribution in [0.2, 0.25) is 5.02 Å². The van der Waals surface area contributed by atoms with E-state index in [0.717, 1.165) is 29.6 Å². The second-order valence-corrected chi connectivity index (χ2v) is 9.81. The maximum absolute atomic E-state index is 13.7. The fraction of sp³-hybridized carbons (Fsp3) is 0.522. The van der Waals surface area contributed by atoms with Gasteiger partial charge >= 0.3 is 5.97 Å². The van der Waals surface area contributed by atoms with E-state index < -0.39 is 18.0 Å². The van der Waals surface area contributed by atoms with Crippen LogP contribution in [-0.4, -0.2) is 23.3 Å². The van der Waals surface area contributed by atoms with E-state index in [1.807, 2.05) is 12.2 Å². The fourth-order valence-corrected chi connectivity index (χ4v) is 4.91. The van der Waals surface area contributed by atoms with Crippen LogP contribution in [0.4, 0.5) is 4.39 Å². The molecule has 28 heavy (non-hydrogen) atoms. The molecular weight excluding hydrogens is 379 g/mol. The highest BCUT2D eigenvalue weighted by Gasteiger charge is 2.38. The summed E-state index contributed by atoms with van der Waals surface area (Å²) in [5.74, 6) is -0.808. The van der Waals surface area contributed by atoms with Crippen molar-refractivity contribution in [2.24, 2.45) is 10.8 Å². The van der Waals surface area contributed by atoms with Crippen LogP contribution in [0.15, 0.2) is 35.9 Å². The van der Waals surface area contributed by atoms with Gasteiger partial charge in [0.1, 0.15) is 11.9 Å². The molecule has 0 amide bonds. The highest BCUT2D eigenvalue weighted by atomic mass is 35.5. The largest absolute Gasteiger partial charge is 0.458 e. The SMILES string of the molecule is CC1(C)CC(c2ccc(F)c(Cl)c2)=C(/C=C/[C@H]2C[C@H](O)CC(=O)O2)C(C)(C)C1. The smallest absolute Gasteiger partial charge is 0.309 e. The minimum Gasteiger partial charge on any atom is -0.458 e. The molecule has 5 heteroatoms. The number of hydrogen-bond donors (Lipinski definition) is 1. The summed E-state index contributed by atoms with van der Waals surface area (Å²) in [4.78, 5) is 11.6. The van der Waals surface area contributed by atoms with Crippen molar-refractivity contribution in [2.75, 3.05) is 0 Å². The molecule has 2 atom stereocenters. The van der Waals surface area contributed by atoms with Gasteiger partial charge in [0.05, 0.1) is 17.5 Å². The van der Waals surface area contributed by atoms with Gasteiger partial charge in [0.15, 0.2) is 0 Å². The number of halogens is 2. The third kappa shape index (κ3) is 4.66.